The van der Waals surface area contributed by atoms with Crippen molar-refractivity contribution in [1.82, 2.24) is 0 Å². The molecule has 0 saturated heterocycles. The molecule has 1 aliphatic heterocycles. The van der Waals surface area contributed by atoms with Gasteiger partial charge in [0, 0.05) is 12.5 Å². The lowest BCUT2D eigenvalue weighted by Crippen LogP contribution is -2.10. The van der Waals surface area contributed by atoms with Crippen LogP contribution in [0.2, 0.25) is 0 Å². The van der Waals surface area contributed by atoms with E-state index in [2.05, 4.69) is 0 Å². The van der Waals surface area contributed by atoms with Gasteiger partial charge in [-0.3, -0.25) is 0 Å². The molecule has 0 aliphatic carbocycles. The molecule has 0 amide bonds. The third kappa shape index (κ3) is 2.52. The molecule has 4 heteroatoms. The molecule has 17 heavy (non-hydrogen) atoms. The zero-order valence-electron chi connectivity index (χ0n) is 10.2. The lowest BCUT2D eigenvalue weighted by Gasteiger charge is -2.17. The number of alkyl halides is 1. The molecule has 0 saturated carbocycles. The van der Waals surface area contributed by atoms with Gasteiger partial charge in [-0.25, -0.2) is 4.39 Å². The van der Waals surface area contributed by atoms with Crippen molar-refractivity contribution in [3.63, 3.8) is 0 Å². The van der Waals surface area contributed by atoms with E-state index in [0.29, 0.717) is 30.3 Å². The molecule has 1 heterocycles. The molecular weight excluding hydrogens is 221 g/mol. The van der Waals surface area contributed by atoms with Gasteiger partial charge in [-0.15, -0.1) is 0 Å². The van der Waals surface area contributed by atoms with Crippen molar-refractivity contribution in [2.24, 2.45) is 5.73 Å². The fourth-order valence-electron chi connectivity index (χ4n) is 1.98. The Hall–Kier alpha value is -1.29. The first-order chi connectivity index (χ1) is 8.09. The third-order valence-corrected chi connectivity index (χ3v) is 2.87. The van der Waals surface area contributed by atoms with Crippen LogP contribution in [0.25, 0.3) is 0 Å². The molecule has 0 fully saturated rings. The van der Waals surface area contributed by atoms with Crippen LogP contribution in [0.5, 0.6) is 11.5 Å². The lowest BCUT2D eigenvalue weighted by atomic mass is 9.98. The molecule has 2 N–H and O–H groups in total. The van der Waals surface area contributed by atoms with E-state index >= 15 is 0 Å². The van der Waals surface area contributed by atoms with Gasteiger partial charge < -0.3 is 15.2 Å². The number of fused-ring (bicyclic) bond motifs is 1. The fraction of sp³-hybridized carbons (Fsp3) is 0.538. The number of hydrogen-bond donors (Lipinski definition) is 1. The van der Waals surface area contributed by atoms with Crippen molar-refractivity contribution in [3.8, 4) is 11.5 Å². The average Bonchev–Trinajstić information content (AvgIpc) is 2.51. The SMILES string of the molecule is CC(N)c1cc2c(cc1C(C)F)OCCCO2. The summed E-state index contributed by atoms with van der Waals surface area (Å²) in [5.74, 6) is 1.28. The summed E-state index contributed by atoms with van der Waals surface area (Å²) in [5.41, 5.74) is 7.23. The minimum Gasteiger partial charge on any atom is -0.490 e. The quantitative estimate of drug-likeness (QED) is 0.863. The van der Waals surface area contributed by atoms with Crippen LogP contribution in [0, 0.1) is 0 Å². The van der Waals surface area contributed by atoms with Crippen molar-refractivity contribution in [2.75, 3.05) is 13.2 Å². The number of halogens is 1. The van der Waals surface area contributed by atoms with E-state index < -0.39 is 6.17 Å². The first-order valence-corrected chi connectivity index (χ1v) is 5.92. The largest absolute Gasteiger partial charge is 0.490 e. The minimum absolute atomic E-state index is 0.222. The summed E-state index contributed by atoms with van der Waals surface area (Å²) in [6.07, 6.45) is -0.226. The van der Waals surface area contributed by atoms with Crippen molar-refractivity contribution in [3.05, 3.63) is 23.3 Å². The van der Waals surface area contributed by atoms with Crippen LogP contribution in [-0.2, 0) is 0 Å². The molecule has 3 nitrogen and oxygen atoms in total. The number of nitrogens with two attached hydrogens (primary N) is 1. The van der Waals surface area contributed by atoms with Crippen molar-refractivity contribution in [2.45, 2.75) is 32.5 Å². The predicted octanol–water partition coefficient (Wildman–Crippen LogP) is 2.90. The number of benzene rings is 1. The lowest BCUT2D eigenvalue weighted by molar-refractivity contribution is 0.296. The molecule has 1 aliphatic rings. The van der Waals surface area contributed by atoms with Gasteiger partial charge in [0.15, 0.2) is 11.5 Å². The van der Waals surface area contributed by atoms with E-state index in [1.54, 1.807) is 12.1 Å². The zero-order valence-corrected chi connectivity index (χ0v) is 10.2. The second-order valence-electron chi connectivity index (χ2n) is 4.38. The zero-order chi connectivity index (χ0) is 12.4. The average molecular weight is 239 g/mol. The molecule has 2 rings (SSSR count). The summed E-state index contributed by atoms with van der Waals surface area (Å²) in [5, 5.41) is 0. The maximum Gasteiger partial charge on any atom is 0.161 e. The van der Waals surface area contributed by atoms with Gasteiger partial charge in [-0.05, 0) is 37.1 Å². The molecule has 0 bridgehead atoms. The van der Waals surface area contributed by atoms with E-state index in [1.807, 2.05) is 6.92 Å². The normalized spacial score (nSPS) is 18.4. The summed E-state index contributed by atoms with van der Waals surface area (Å²) < 4.78 is 24.7. The Morgan fingerprint density at radius 3 is 2.12 bits per heavy atom. The minimum atomic E-state index is -1.06. The molecule has 2 atom stereocenters. The van der Waals surface area contributed by atoms with E-state index in [4.69, 9.17) is 15.2 Å². The summed E-state index contributed by atoms with van der Waals surface area (Å²) in [6.45, 7) is 4.57. The Morgan fingerprint density at radius 1 is 1.12 bits per heavy atom. The maximum absolute atomic E-state index is 13.6. The van der Waals surface area contributed by atoms with Crippen LogP contribution in [0.4, 0.5) is 4.39 Å². The van der Waals surface area contributed by atoms with Crippen molar-refractivity contribution < 1.29 is 13.9 Å². The molecule has 0 spiro atoms. The van der Waals surface area contributed by atoms with E-state index in [1.165, 1.54) is 6.92 Å². The highest BCUT2D eigenvalue weighted by molar-refractivity contribution is 5.49. The van der Waals surface area contributed by atoms with Crippen LogP contribution in [0.15, 0.2) is 12.1 Å². The topological polar surface area (TPSA) is 44.5 Å². The van der Waals surface area contributed by atoms with Gasteiger partial charge in [-0.2, -0.15) is 0 Å². The highest BCUT2D eigenvalue weighted by Gasteiger charge is 2.19. The van der Waals surface area contributed by atoms with Gasteiger partial charge in [0.1, 0.15) is 6.17 Å². The van der Waals surface area contributed by atoms with Crippen LogP contribution in [0.1, 0.15) is 43.6 Å². The maximum atomic E-state index is 13.6. The van der Waals surface area contributed by atoms with Crippen LogP contribution < -0.4 is 15.2 Å². The molecule has 1 aromatic rings. The van der Waals surface area contributed by atoms with Crippen molar-refractivity contribution in [1.29, 1.82) is 0 Å². The summed E-state index contributed by atoms with van der Waals surface area (Å²) >= 11 is 0. The van der Waals surface area contributed by atoms with Gasteiger partial charge in [0.05, 0.1) is 13.2 Å². The van der Waals surface area contributed by atoms with Crippen LogP contribution in [0.3, 0.4) is 0 Å². The van der Waals surface area contributed by atoms with Gasteiger partial charge in [0.25, 0.3) is 0 Å². The Labute approximate surface area is 101 Å². The summed E-state index contributed by atoms with van der Waals surface area (Å²) in [7, 11) is 0. The molecule has 0 radical (unpaired) electrons. The molecule has 0 aromatic heterocycles. The second-order valence-corrected chi connectivity index (χ2v) is 4.38. The standard InChI is InChI=1S/C13H18FNO2/c1-8(14)10-6-12-13(7-11(10)9(2)15)17-5-3-4-16-12/h6-9H,3-5,15H2,1-2H3. The summed E-state index contributed by atoms with van der Waals surface area (Å²) in [6, 6.07) is 3.29. The molecular formula is C13H18FNO2. The Morgan fingerprint density at radius 2 is 1.65 bits per heavy atom. The first kappa shape index (κ1) is 12.2. The fourth-order valence-corrected chi connectivity index (χ4v) is 1.98. The molecule has 2 unspecified atom stereocenters. The first-order valence-electron chi connectivity index (χ1n) is 5.92. The Kier molecular flexibility index (Phi) is 3.52. The number of ether oxygens (including phenoxy) is 2. The van der Waals surface area contributed by atoms with E-state index in [0.717, 1.165) is 12.0 Å². The number of hydrogen-bond acceptors (Lipinski definition) is 3. The molecule has 1 aromatic carbocycles. The Bertz CT molecular complexity index is 368. The van der Waals surface area contributed by atoms with Crippen molar-refractivity contribution >= 4 is 0 Å². The van der Waals surface area contributed by atoms with Gasteiger partial charge in [0.2, 0.25) is 0 Å². The van der Waals surface area contributed by atoms with Crippen LogP contribution >= 0.6 is 0 Å². The smallest absolute Gasteiger partial charge is 0.161 e. The Balaban J connectivity index is 2.48. The van der Waals surface area contributed by atoms with E-state index in [9.17, 15) is 4.39 Å². The highest BCUT2D eigenvalue weighted by Crippen LogP contribution is 2.37. The number of rotatable bonds is 2. The summed E-state index contributed by atoms with van der Waals surface area (Å²) in [4.78, 5) is 0. The van der Waals surface area contributed by atoms with Crippen LogP contribution in [-0.4, -0.2) is 13.2 Å². The van der Waals surface area contributed by atoms with E-state index in [-0.39, 0.29) is 6.04 Å². The third-order valence-electron chi connectivity index (χ3n) is 2.87. The second kappa shape index (κ2) is 4.92. The van der Waals surface area contributed by atoms with Gasteiger partial charge in [-0.1, -0.05) is 0 Å². The molecule has 94 valence electrons. The highest BCUT2D eigenvalue weighted by atomic mass is 19.1. The predicted molar refractivity (Wildman–Crippen MR) is 64.2 cm³/mol. The van der Waals surface area contributed by atoms with Gasteiger partial charge >= 0.3 is 0 Å². The monoisotopic (exact) mass is 239 g/mol.